The lowest BCUT2D eigenvalue weighted by Gasteiger charge is -2.24. The number of nitrogens with one attached hydrogen (secondary N) is 2. The molecule has 0 aliphatic carbocycles. The molecule has 0 radical (unpaired) electrons. The van der Waals surface area contributed by atoms with E-state index >= 15 is 0 Å². The number of sulfone groups is 1. The summed E-state index contributed by atoms with van der Waals surface area (Å²) >= 11 is 0. The molecule has 0 aromatic rings. The summed E-state index contributed by atoms with van der Waals surface area (Å²) in [5, 5.41) is 2.47. The van der Waals surface area contributed by atoms with Crippen molar-refractivity contribution in [3.8, 4) is 0 Å². The highest BCUT2D eigenvalue weighted by Crippen LogP contribution is 2.14. The normalized spacial score (nSPS) is 22.8. The second-order valence-corrected chi connectivity index (χ2v) is 9.14. The van der Waals surface area contributed by atoms with Gasteiger partial charge in [-0.1, -0.05) is 6.92 Å². The molecule has 1 rings (SSSR count). The van der Waals surface area contributed by atoms with Gasteiger partial charge in [-0.25, -0.2) is 21.6 Å². The van der Waals surface area contributed by atoms with Crippen LogP contribution in [0.4, 0.5) is 0 Å². The molecule has 0 aromatic heterocycles. The van der Waals surface area contributed by atoms with E-state index in [9.17, 15) is 16.8 Å². The Morgan fingerprint density at radius 3 is 2.33 bits per heavy atom. The number of hydrogen-bond donors (Lipinski definition) is 2. The Balaban J connectivity index is 2.51. The van der Waals surface area contributed by atoms with Gasteiger partial charge in [0, 0.05) is 12.6 Å². The molecule has 6 nitrogen and oxygen atoms in total. The van der Waals surface area contributed by atoms with E-state index in [-0.39, 0.29) is 17.5 Å². The molecule has 1 unspecified atom stereocenters. The van der Waals surface area contributed by atoms with E-state index in [0.29, 0.717) is 19.4 Å². The molecule has 0 aromatic carbocycles. The van der Waals surface area contributed by atoms with Crippen LogP contribution < -0.4 is 10.0 Å². The number of rotatable bonds is 6. The first kappa shape index (κ1) is 15.9. The van der Waals surface area contributed by atoms with Crippen molar-refractivity contribution in [2.24, 2.45) is 0 Å². The highest BCUT2D eigenvalue weighted by atomic mass is 32.2. The lowest BCUT2D eigenvalue weighted by molar-refractivity contribution is 0.498. The minimum absolute atomic E-state index is 0.0712. The highest BCUT2D eigenvalue weighted by molar-refractivity contribution is 7.91. The third-order valence-electron chi connectivity index (χ3n) is 3.10. The van der Waals surface area contributed by atoms with Crippen molar-refractivity contribution in [2.45, 2.75) is 38.0 Å². The topological polar surface area (TPSA) is 92.3 Å². The summed E-state index contributed by atoms with van der Waals surface area (Å²) in [7, 11) is -6.33. The minimum Gasteiger partial charge on any atom is -0.316 e. The van der Waals surface area contributed by atoms with Gasteiger partial charge in [0.15, 0.2) is 0 Å². The third kappa shape index (κ3) is 4.83. The number of sulfonamides is 1. The van der Waals surface area contributed by atoms with E-state index in [1.807, 2.05) is 6.92 Å². The van der Waals surface area contributed by atoms with Crippen molar-refractivity contribution < 1.29 is 16.8 Å². The molecule has 1 aliphatic rings. The summed E-state index contributed by atoms with van der Waals surface area (Å²) in [5.74, 6) is 0.142. The van der Waals surface area contributed by atoms with E-state index in [0.717, 1.165) is 6.54 Å². The summed E-state index contributed by atoms with van der Waals surface area (Å²) in [4.78, 5) is 0. The average Bonchev–Trinajstić information content (AvgIpc) is 2.28. The van der Waals surface area contributed by atoms with Gasteiger partial charge < -0.3 is 5.32 Å². The Morgan fingerprint density at radius 2 is 1.83 bits per heavy atom. The van der Waals surface area contributed by atoms with Gasteiger partial charge in [0.25, 0.3) is 0 Å². The SMILES string of the molecule is CCNCC(C)S(=O)(=O)NC1CCS(=O)(=O)CC1. The molecular weight excluding hydrogens is 276 g/mol. The van der Waals surface area contributed by atoms with Crippen molar-refractivity contribution in [1.29, 1.82) is 0 Å². The summed E-state index contributed by atoms with van der Waals surface area (Å²) in [5.41, 5.74) is 0. The molecule has 1 heterocycles. The fourth-order valence-corrected chi connectivity index (χ4v) is 4.57. The predicted octanol–water partition coefficient (Wildman–Crippen LogP) is -0.519. The molecule has 0 spiro atoms. The molecule has 1 atom stereocenters. The van der Waals surface area contributed by atoms with Gasteiger partial charge in [-0.05, 0) is 26.3 Å². The van der Waals surface area contributed by atoms with Crippen LogP contribution in [0.15, 0.2) is 0 Å². The van der Waals surface area contributed by atoms with Crippen molar-refractivity contribution >= 4 is 19.9 Å². The van der Waals surface area contributed by atoms with Crippen LogP contribution in [0.3, 0.4) is 0 Å². The van der Waals surface area contributed by atoms with Gasteiger partial charge in [-0.3, -0.25) is 0 Å². The lowest BCUT2D eigenvalue weighted by atomic mass is 10.2. The summed E-state index contributed by atoms with van der Waals surface area (Å²) in [6.45, 7) is 4.68. The zero-order valence-corrected chi connectivity index (χ0v) is 12.5. The van der Waals surface area contributed by atoms with Crippen LogP contribution in [0.1, 0.15) is 26.7 Å². The Morgan fingerprint density at radius 1 is 1.28 bits per heavy atom. The maximum Gasteiger partial charge on any atom is 0.215 e. The number of hydrogen-bond acceptors (Lipinski definition) is 5. The van der Waals surface area contributed by atoms with Crippen LogP contribution in [0.25, 0.3) is 0 Å². The second-order valence-electron chi connectivity index (χ2n) is 4.71. The predicted molar refractivity (Wildman–Crippen MR) is 71.7 cm³/mol. The van der Waals surface area contributed by atoms with Crippen molar-refractivity contribution in [2.75, 3.05) is 24.6 Å². The van der Waals surface area contributed by atoms with Crippen LogP contribution in [-0.4, -0.2) is 52.7 Å². The molecule has 108 valence electrons. The van der Waals surface area contributed by atoms with E-state index < -0.39 is 25.1 Å². The molecule has 1 saturated heterocycles. The molecule has 1 fully saturated rings. The van der Waals surface area contributed by atoms with Crippen LogP contribution in [0.2, 0.25) is 0 Å². The lowest BCUT2D eigenvalue weighted by Crippen LogP contribution is -2.46. The van der Waals surface area contributed by atoms with Crippen molar-refractivity contribution in [3.05, 3.63) is 0 Å². The zero-order chi connectivity index (χ0) is 13.8. The first-order chi connectivity index (χ1) is 8.27. The Bertz CT molecular complexity index is 444. The van der Waals surface area contributed by atoms with Crippen LogP contribution in [0.5, 0.6) is 0 Å². The molecular formula is C10H22N2O4S2. The second kappa shape index (κ2) is 6.31. The van der Waals surface area contributed by atoms with Crippen molar-refractivity contribution in [3.63, 3.8) is 0 Å². The highest BCUT2D eigenvalue weighted by Gasteiger charge is 2.29. The van der Waals surface area contributed by atoms with Crippen LogP contribution in [-0.2, 0) is 19.9 Å². The van der Waals surface area contributed by atoms with Gasteiger partial charge in [0.05, 0.1) is 16.8 Å². The smallest absolute Gasteiger partial charge is 0.215 e. The van der Waals surface area contributed by atoms with Gasteiger partial charge in [-0.15, -0.1) is 0 Å². The Kier molecular flexibility index (Phi) is 5.57. The molecule has 2 N–H and O–H groups in total. The summed E-state index contributed by atoms with van der Waals surface area (Å²) < 4.78 is 49.0. The Labute approximate surface area is 110 Å². The van der Waals surface area contributed by atoms with Gasteiger partial charge in [-0.2, -0.15) is 0 Å². The average molecular weight is 298 g/mol. The van der Waals surface area contributed by atoms with E-state index in [2.05, 4.69) is 10.0 Å². The maximum atomic E-state index is 12.0. The fourth-order valence-electron chi connectivity index (χ4n) is 1.81. The van der Waals surface area contributed by atoms with Crippen LogP contribution >= 0.6 is 0 Å². The molecule has 1 aliphatic heterocycles. The van der Waals surface area contributed by atoms with E-state index in [1.165, 1.54) is 0 Å². The fraction of sp³-hybridized carbons (Fsp3) is 1.00. The standard InChI is InChI=1S/C10H22N2O4S2/c1-3-11-8-9(2)18(15,16)12-10-4-6-17(13,14)7-5-10/h9-12H,3-8H2,1-2H3. The summed E-state index contributed by atoms with van der Waals surface area (Å²) in [6, 6.07) is -0.248. The molecule has 0 saturated carbocycles. The first-order valence-electron chi connectivity index (χ1n) is 6.19. The summed E-state index contributed by atoms with van der Waals surface area (Å²) in [6.07, 6.45) is 0.741. The molecule has 18 heavy (non-hydrogen) atoms. The maximum absolute atomic E-state index is 12.0. The van der Waals surface area contributed by atoms with Gasteiger partial charge in [0.2, 0.25) is 10.0 Å². The van der Waals surface area contributed by atoms with Gasteiger partial charge in [0.1, 0.15) is 9.84 Å². The third-order valence-corrected chi connectivity index (χ3v) is 6.70. The zero-order valence-electron chi connectivity index (χ0n) is 10.8. The van der Waals surface area contributed by atoms with E-state index in [4.69, 9.17) is 0 Å². The van der Waals surface area contributed by atoms with Crippen LogP contribution in [0, 0.1) is 0 Å². The molecule has 0 bridgehead atoms. The largest absolute Gasteiger partial charge is 0.316 e. The molecule has 8 heteroatoms. The first-order valence-corrected chi connectivity index (χ1v) is 9.56. The van der Waals surface area contributed by atoms with Gasteiger partial charge >= 0.3 is 0 Å². The molecule has 0 amide bonds. The Hall–Kier alpha value is -0.180. The minimum atomic E-state index is -3.38. The monoisotopic (exact) mass is 298 g/mol. The van der Waals surface area contributed by atoms with E-state index in [1.54, 1.807) is 6.92 Å². The van der Waals surface area contributed by atoms with Crippen molar-refractivity contribution in [1.82, 2.24) is 10.0 Å². The quantitative estimate of drug-likeness (QED) is 0.688.